The van der Waals surface area contributed by atoms with Gasteiger partial charge in [0.05, 0.1) is 0 Å². The third-order valence-electron chi connectivity index (χ3n) is 2.94. The lowest BCUT2D eigenvalue weighted by Crippen LogP contribution is -2.40. The first-order valence-electron chi connectivity index (χ1n) is 6.65. The third-order valence-corrected chi connectivity index (χ3v) is 2.94. The van der Waals surface area contributed by atoms with Crippen molar-refractivity contribution < 1.29 is 14.4 Å². The Morgan fingerprint density at radius 2 is 2.00 bits per heavy atom. The van der Waals surface area contributed by atoms with Crippen molar-refractivity contribution in [1.29, 1.82) is 0 Å². The molecule has 0 aromatic heterocycles. The number of hydrogen-bond donors (Lipinski definition) is 2. The van der Waals surface area contributed by atoms with Gasteiger partial charge in [-0.3, -0.25) is 14.5 Å². The monoisotopic (exact) mass is 269 g/mol. The molecule has 1 saturated heterocycles. The molecule has 0 aliphatic carbocycles. The number of imide groups is 1. The molecule has 6 nitrogen and oxygen atoms in total. The zero-order valence-electron chi connectivity index (χ0n) is 12.1. The van der Waals surface area contributed by atoms with Crippen molar-refractivity contribution in [2.75, 3.05) is 13.1 Å². The summed E-state index contributed by atoms with van der Waals surface area (Å²) in [5.74, 6) is 0.135. The highest BCUT2D eigenvalue weighted by Gasteiger charge is 2.43. The average Bonchev–Trinajstić information content (AvgIpc) is 2.48. The minimum Gasteiger partial charge on any atom is -0.356 e. The van der Waals surface area contributed by atoms with E-state index in [9.17, 15) is 14.4 Å². The predicted molar refractivity (Wildman–Crippen MR) is 71.4 cm³/mol. The number of hydrogen-bond acceptors (Lipinski definition) is 3. The second-order valence-corrected chi connectivity index (χ2v) is 5.81. The van der Waals surface area contributed by atoms with E-state index in [1.807, 2.05) is 13.8 Å². The molecule has 6 heteroatoms. The Balaban J connectivity index is 2.32. The van der Waals surface area contributed by atoms with E-state index in [4.69, 9.17) is 0 Å². The molecule has 2 N–H and O–H groups in total. The van der Waals surface area contributed by atoms with Gasteiger partial charge in [0.15, 0.2) is 0 Å². The molecule has 0 saturated carbocycles. The van der Waals surface area contributed by atoms with Crippen molar-refractivity contribution in [3.05, 3.63) is 0 Å². The summed E-state index contributed by atoms with van der Waals surface area (Å²) < 4.78 is 0. The van der Waals surface area contributed by atoms with Gasteiger partial charge in [-0.05, 0) is 26.2 Å². The lowest BCUT2D eigenvalue weighted by Gasteiger charge is -2.15. The Hall–Kier alpha value is -1.59. The predicted octanol–water partition coefficient (Wildman–Crippen LogP) is 0.869. The molecule has 19 heavy (non-hydrogen) atoms. The Kier molecular flexibility index (Phi) is 4.91. The van der Waals surface area contributed by atoms with Gasteiger partial charge in [0.1, 0.15) is 5.54 Å². The van der Waals surface area contributed by atoms with E-state index in [-0.39, 0.29) is 24.4 Å². The molecule has 0 unspecified atom stereocenters. The summed E-state index contributed by atoms with van der Waals surface area (Å²) in [4.78, 5) is 36.1. The molecule has 0 spiro atoms. The molecule has 0 aromatic rings. The summed E-state index contributed by atoms with van der Waals surface area (Å²) >= 11 is 0. The molecule has 4 amide bonds. The summed E-state index contributed by atoms with van der Waals surface area (Å²) in [6.07, 6.45) is 0.809. The number of amides is 4. The quantitative estimate of drug-likeness (QED) is 0.702. The molecule has 1 aliphatic rings. The second-order valence-electron chi connectivity index (χ2n) is 5.81. The molecular weight excluding hydrogens is 246 g/mol. The molecule has 1 fully saturated rings. The van der Waals surface area contributed by atoms with Gasteiger partial charge in [-0.2, -0.15) is 0 Å². The van der Waals surface area contributed by atoms with E-state index in [1.165, 1.54) is 4.90 Å². The van der Waals surface area contributed by atoms with Gasteiger partial charge in [0.2, 0.25) is 5.91 Å². The van der Waals surface area contributed by atoms with Crippen LogP contribution in [0, 0.1) is 5.92 Å². The Bertz CT molecular complexity index is 377. The van der Waals surface area contributed by atoms with Crippen LogP contribution in [0.3, 0.4) is 0 Å². The minimum absolute atomic E-state index is 0.0417. The minimum atomic E-state index is -0.836. The zero-order valence-corrected chi connectivity index (χ0v) is 12.1. The molecule has 108 valence electrons. The van der Waals surface area contributed by atoms with Crippen LogP contribution in [0.4, 0.5) is 4.79 Å². The van der Waals surface area contributed by atoms with Gasteiger partial charge >= 0.3 is 6.03 Å². The average molecular weight is 269 g/mol. The van der Waals surface area contributed by atoms with E-state index < -0.39 is 5.54 Å². The number of nitrogens with one attached hydrogen (secondary N) is 2. The first-order valence-corrected chi connectivity index (χ1v) is 6.65. The summed E-state index contributed by atoms with van der Waals surface area (Å²) in [5.41, 5.74) is -0.836. The largest absolute Gasteiger partial charge is 0.356 e. The fraction of sp³-hybridized carbons (Fsp3) is 0.769. The highest BCUT2D eigenvalue weighted by molar-refractivity contribution is 6.06. The number of urea groups is 1. The van der Waals surface area contributed by atoms with Gasteiger partial charge in [0, 0.05) is 19.5 Å². The van der Waals surface area contributed by atoms with Crippen LogP contribution in [0.15, 0.2) is 0 Å². The van der Waals surface area contributed by atoms with E-state index >= 15 is 0 Å². The molecule has 1 rings (SSSR count). The zero-order chi connectivity index (χ0) is 14.6. The van der Waals surface area contributed by atoms with Crippen LogP contribution in [-0.4, -0.2) is 41.4 Å². The van der Waals surface area contributed by atoms with Crippen molar-refractivity contribution in [1.82, 2.24) is 15.5 Å². The summed E-state index contributed by atoms with van der Waals surface area (Å²) in [7, 11) is 0. The molecule has 1 heterocycles. The van der Waals surface area contributed by atoms with Crippen LogP contribution in [0.2, 0.25) is 0 Å². The highest BCUT2D eigenvalue weighted by Crippen LogP contribution is 2.16. The van der Waals surface area contributed by atoms with Crippen LogP contribution in [-0.2, 0) is 9.59 Å². The summed E-state index contributed by atoms with van der Waals surface area (Å²) in [6, 6.07) is -0.377. The Morgan fingerprint density at radius 3 is 2.47 bits per heavy atom. The fourth-order valence-electron chi connectivity index (χ4n) is 1.83. The lowest BCUT2D eigenvalue weighted by molar-refractivity contribution is -0.130. The maximum Gasteiger partial charge on any atom is 0.325 e. The van der Waals surface area contributed by atoms with Gasteiger partial charge < -0.3 is 10.6 Å². The summed E-state index contributed by atoms with van der Waals surface area (Å²) in [5, 5.41) is 5.41. The third kappa shape index (κ3) is 4.22. The van der Waals surface area contributed by atoms with Crippen molar-refractivity contribution in [2.45, 2.75) is 46.1 Å². The van der Waals surface area contributed by atoms with E-state index in [0.29, 0.717) is 25.3 Å². The van der Waals surface area contributed by atoms with E-state index in [0.717, 1.165) is 0 Å². The topological polar surface area (TPSA) is 78.5 Å². The van der Waals surface area contributed by atoms with Gasteiger partial charge in [-0.15, -0.1) is 0 Å². The van der Waals surface area contributed by atoms with Crippen molar-refractivity contribution in [2.24, 2.45) is 5.92 Å². The molecule has 1 aliphatic heterocycles. The van der Waals surface area contributed by atoms with Crippen LogP contribution >= 0.6 is 0 Å². The Labute approximate surface area is 113 Å². The van der Waals surface area contributed by atoms with E-state index in [1.54, 1.807) is 13.8 Å². The van der Waals surface area contributed by atoms with Crippen molar-refractivity contribution >= 4 is 17.8 Å². The smallest absolute Gasteiger partial charge is 0.325 e. The van der Waals surface area contributed by atoms with Gasteiger partial charge in [-0.1, -0.05) is 13.8 Å². The maximum atomic E-state index is 11.9. The van der Waals surface area contributed by atoms with Crippen LogP contribution in [0.1, 0.15) is 40.5 Å². The number of carbonyl (C=O) groups excluding carboxylic acids is 3. The lowest BCUT2D eigenvalue weighted by atomic mass is 10.1. The first kappa shape index (κ1) is 15.5. The van der Waals surface area contributed by atoms with Crippen LogP contribution in [0.5, 0.6) is 0 Å². The molecular formula is C13H23N3O3. The van der Waals surface area contributed by atoms with Crippen molar-refractivity contribution in [3.8, 4) is 0 Å². The van der Waals surface area contributed by atoms with Crippen molar-refractivity contribution in [3.63, 3.8) is 0 Å². The van der Waals surface area contributed by atoms with Crippen LogP contribution < -0.4 is 10.6 Å². The highest BCUT2D eigenvalue weighted by atomic mass is 16.2. The molecule has 0 radical (unpaired) electrons. The second kappa shape index (κ2) is 6.04. The molecule has 0 aromatic carbocycles. The number of rotatable bonds is 6. The SMILES string of the molecule is CC(C)CNC(=O)CCCN1C(=O)NC(C)(C)C1=O. The Morgan fingerprint density at radius 1 is 1.37 bits per heavy atom. The number of nitrogens with zero attached hydrogens (tertiary/aromatic N) is 1. The van der Waals surface area contributed by atoms with Gasteiger partial charge in [0.25, 0.3) is 5.91 Å². The maximum absolute atomic E-state index is 11.9. The van der Waals surface area contributed by atoms with E-state index in [2.05, 4.69) is 10.6 Å². The van der Waals surface area contributed by atoms with Crippen LogP contribution in [0.25, 0.3) is 0 Å². The number of carbonyl (C=O) groups is 3. The summed E-state index contributed by atoms with van der Waals surface area (Å²) in [6.45, 7) is 8.31. The van der Waals surface area contributed by atoms with Gasteiger partial charge in [-0.25, -0.2) is 4.79 Å². The molecule has 0 bridgehead atoms. The standard InChI is InChI=1S/C13H23N3O3/c1-9(2)8-14-10(17)6-5-7-16-11(18)13(3,4)15-12(16)19/h9H,5-8H2,1-4H3,(H,14,17)(H,15,19). The molecule has 0 atom stereocenters. The fourth-order valence-corrected chi connectivity index (χ4v) is 1.83. The first-order chi connectivity index (χ1) is 8.74. The normalized spacial score (nSPS) is 17.8.